The van der Waals surface area contributed by atoms with Gasteiger partial charge < -0.3 is 5.73 Å². The Balaban J connectivity index is 1.95. The van der Waals surface area contributed by atoms with Crippen molar-refractivity contribution >= 4 is 17.5 Å². The van der Waals surface area contributed by atoms with E-state index in [0.29, 0.717) is 5.56 Å². The smallest absolute Gasteiger partial charge is 0.240 e. The number of rotatable bonds is 2. The van der Waals surface area contributed by atoms with E-state index in [-0.39, 0.29) is 30.5 Å². The first-order valence-electron chi connectivity index (χ1n) is 7.43. The molecule has 2 N–H and O–H groups in total. The largest absolute Gasteiger partial charge is 0.326 e. The summed E-state index contributed by atoms with van der Waals surface area (Å²) in [6.07, 6.45) is 4.70. The van der Waals surface area contributed by atoms with Gasteiger partial charge in [0.05, 0.1) is 11.1 Å². The molecule has 1 spiro atoms. The molecular weight excluding hydrogens is 271 g/mol. The Morgan fingerprint density at radius 3 is 2.52 bits per heavy atom. The minimum atomic E-state index is -0.589. The van der Waals surface area contributed by atoms with Crippen molar-refractivity contribution in [2.45, 2.75) is 45.1 Å². The van der Waals surface area contributed by atoms with Gasteiger partial charge in [0.25, 0.3) is 0 Å². The van der Waals surface area contributed by atoms with Crippen molar-refractivity contribution in [3.05, 3.63) is 29.6 Å². The Morgan fingerprint density at radius 2 is 1.90 bits per heavy atom. The van der Waals surface area contributed by atoms with Crippen molar-refractivity contribution in [1.82, 2.24) is 0 Å². The highest BCUT2D eigenvalue weighted by atomic mass is 19.1. The number of imide groups is 1. The Hall–Kier alpha value is -1.75. The van der Waals surface area contributed by atoms with E-state index >= 15 is 0 Å². The molecule has 0 radical (unpaired) electrons. The lowest BCUT2D eigenvalue weighted by Gasteiger charge is -2.30. The SMILES string of the molecule is NCc1ccc(N2C(=O)CC3(CCCCC3)C2=O)c(F)c1. The van der Waals surface area contributed by atoms with Crippen molar-refractivity contribution in [3.63, 3.8) is 0 Å². The van der Waals surface area contributed by atoms with E-state index in [1.54, 1.807) is 6.07 Å². The zero-order chi connectivity index (χ0) is 15.0. The molecule has 2 fully saturated rings. The lowest BCUT2D eigenvalue weighted by Crippen LogP contribution is -2.37. The van der Waals surface area contributed by atoms with E-state index in [1.807, 2.05) is 0 Å². The third-order valence-electron chi connectivity index (χ3n) is 4.70. The third-order valence-corrected chi connectivity index (χ3v) is 4.70. The quantitative estimate of drug-likeness (QED) is 0.851. The van der Waals surface area contributed by atoms with Crippen LogP contribution in [0.15, 0.2) is 18.2 Å². The first kappa shape index (κ1) is 14.2. The second-order valence-electron chi connectivity index (χ2n) is 6.04. The summed E-state index contributed by atoms with van der Waals surface area (Å²) in [7, 11) is 0. The summed E-state index contributed by atoms with van der Waals surface area (Å²) in [4.78, 5) is 26.0. The van der Waals surface area contributed by atoms with E-state index in [4.69, 9.17) is 5.73 Å². The second kappa shape index (κ2) is 5.22. The molecule has 2 amide bonds. The molecule has 0 aromatic heterocycles. The number of hydrogen-bond donors (Lipinski definition) is 1. The summed E-state index contributed by atoms with van der Waals surface area (Å²) >= 11 is 0. The van der Waals surface area contributed by atoms with Gasteiger partial charge in [-0.25, -0.2) is 9.29 Å². The van der Waals surface area contributed by atoms with Crippen LogP contribution in [0.2, 0.25) is 0 Å². The molecule has 1 aromatic carbocycles. The molecule has 21 heavy (non-hydrogen) atoms. The summed E-state index contributed by atoms with van der Waals surface area (Å²) in [6, 6.07) is 4.43. The molecule has 1 heterocycles. The summed E-state index contributed by atoms with van der Waals surface area (Å²) in [5.41, 5.74) is 5.59. The molecule has 1 aromatic rings. The van der Waals surface area contributed by atoms with E-state index in [9.17, 15) is 14.0 Å². The first-order valence-corrected chi connectivity index (χ1v) is 7.43. The number of halogens is 1. The van der Waals surface area contributed by atoms with Crippen LogP contribution >= 0.6 is 0 Å². The van der Waals surface area contributed by atoms with Crippen molar-refractivity contribution in [2.24, 2.45) is 11.1 Å². The number of anilines is 1. The highest BCUT2D eigenvalue weighted by Gasteiger charge is 2.52. The van der Waals surface area contributed by atoms with Crippen LogP contribution in [0.4, 0.5) is 10.1 Å². The van der Waals surface area contributed by atoms with Gasteiger partial charge in [0.15, 0.2) is 0 Å². The van der Waals surface area contributed by atoms with Crippen molar-refractivity contribution in [3.8, 4) is 0 Å². The molecule has 4 nitrogen and oxygen atoms in total. The van der Waals surface area contributed by atoms with Crippen molar-refractivity contribution in [1.29, 1.82) is 0 Å². The topological polar surface area (TPSA) is 63.4 Å². The fourth-order valence-electron chi connectivity index (χ4n) is 3.52. The molecule has 3 rings (SSSR count). The zero-order valence-electron chi connectivity index (χ0n) is 11.9. The van der Waals surface area contributed by atoms with Crippen LogP contribution in [0.1, 0.15) is 44.1 Å². The van der Waals surface area contributed by atoms with Gasteiger partial charge >= 0.3 is 0 Å². The van der Waals surface area contributed by atoms with Crippen LogP contribution in [0.25, 0.3) is 0 Å². The van der Waals surface area contributed by atoms with Gasteiger partial charge in [-0.1, -0.05) is 25.3 Å². The maximum Gasteiger partial charge on any atom is 0.240 e. The fourth-order valence-corrected chi connectivity index (χ4v) is 3.52. The molecule has 1 saturated heterocycles. The van der Waals surface area contributed by atoms with Crippen LogP contribution in [0.3, 0.4) is 0 Å². The molecule has 1 aliphatic carbocycles. The number of benzene rings is 1. The van der Waals surface area contributed by atoms with Crippen LogP contribution in [0, 0.1) is 11.2 Å². The average Bonchev–Trinajstić information content (AvgIpc) is 2.71. The summed E-state index contributed by atoms with van der Waals surface area (Å²) in [5.74, 6) is -1.08. The zero-order valence-corrected chi connectivity index (χ0v) is 11.9. The van der Waals surface area contributed by atoms with Gasteiger partial charge in [-0.05, 0) is 30.5 Å². The normalized spacial score (nSPS) is 21.3. The summed E-state index contributed by atoms with van der Waals surface area (Å²) in [5, 5.41) is 0. The summed E-state index contributed by atoms with van der Waals surface area (Å²) in [6.45, 7) is 0.225. The lowest BCUT2D eigenvalue weighted by molar-refractivity contribution is -0.127. The van der Waals surface area contributed by atoms with Crippen LogP contribution in [-0.4, -0.2) is 11.8 Å². The van der Waals surface area contributed by atoms with Gasteiger partial charge in [0.1, 0.15) is 5.82 Å². The van der Waals surface area contributed by atoms with Gasteiger partial charge in [0, 0.05) is 13.0 Å². The Bertz CT molecular complexity index is 594. The standard InChI is InChI=1S/C16H19FN2O2/c17-12-8-11(10-18)4-5-13(12)19-14(20)9-16(15(19)21)6-2-1-3-7-16/h4-5,8H,1-3,6-7,9-10,18H2. The molecule has 0 unspecified atom stereocenters. The molecule has 1 aliphatic heterocycles. The van der Waals surface area contributed by atoms with E-state index in [1.165, 1.54) is 12.1 Å². The maximum atomic E-state index is 14.2. The van der Waals surface area contributed by atoms with Crippen molar-refractivity contribution in [2.75, 3.05) is 4.90 Å². The average molecular weight is 290 g/mol. The van der Waals surface area contributed by atoms with Gasteiger partial charge in [0.2, 0.25) is 11.8 Å². The van der Waals surface area contributed by atoms with E-state index < -0.39 is 11.2 Å². The number of carbonyl (C=O) groups excluding carboxylic acids is 2. The molecule has 2 aliphatic rings. The first-order chi connectivity index (χ1) is 10.1. The minimum Gasteiger partial charge on any atom is -0.326 e. The molecule has 1 saturated carbocycles. The Labute approximate surface area is 123 Å². The predicted octanol–water partition coefficient (Wildman–Crippen LogP) is 2.50. The van der Waals surface area contributed by atoms with Crippen LogP contribution in [0.5, 0.6) is 0 Å². The summed E-state index contributed by atoms with van der Waals surface area (Å²) < 4.78 is 14.2. The van der Waals surface area contributed by atoms with Gasteiger partial charge in [-0.3, -0.25) is 9.59 Å². The number of amides is 2. The number of carbonyl (C=O) groups is 2. The third kappa shape index (κ3) is 2.25. The highest BCUT2D eigenvalue weighted by molar-refractivity contribution is 6.22. The Morgan fingerprint density at radius 1 is 1.19 bits per heavy atom. The monoisotopic (exact) mass is 290 g/mol. The second-order valence-corrected chi connectivity index (χ2v) is 6.04. The molecule has 0 bridgehead atoms. The maximum absolute atomic E-state index is 14.2. The number of hydrogen-bond acceptors (Lipinski definition) is 3. The van der Waals surface area contributed by atoms with Crippen molar-refractivity contribution < 1.29 is 14.0 Å². The fraction of sp³-hybridized carbons (Fsp3) is 0.500. The minimum absolute atomic E-state index is 0.0599. The van der Waals surface area contributed by atoms with E-state index in [0.717, 1.165) is 37.0 Å². The van der Waals surface area contributed by atoms with Gasteiger partial charge in [-0.2, -0.15) is 0 Å². The Kier molecular flexibility index (Phi) is 3.53. The number of nitrogens with two attached hydrogens (primary N) is 1. The van der Waals surface area contributed by atoms with Crippen LogP contribution < -0.4 is 10.6 Å². The number of nitrogens with zero attached hydrogens (tertiary/aromatic N) is 1. The molecule has 5 heteroatoms. The molecule has 112 valence electrons. The molecular formula is C16H19FN2O2. The van der Waals surface area contributed by atoms with Crippen LogP contribution in [-0.2, 0) is 16.1 Å². The molecule has 0 atom stereocenters. The van der Waals surface area contributed by atoms with Gasteiger partial charge in [-0.15, -0.1) is 0 Å². The highest BCUT2D eigenvalue weighted by Crippen LogP contribution is 2.46. The predicted molar refractivity (Wildman–Crippen MR) is 76.9 cm³/mol. The van der Waals surface area contributed by atoms with E-state index in [2.05, 4.69) is 0 Å². The lowest BCUT2D eigenvalue weighted by atomic mass is 9.73.